The summed E-state index contributed by atoms with van der Waals surface area (Å²) in [6.07, 6.45) is 2.48. The van der Waals surface area contributed by atoms with Crippen molar-refractivity contribution in [3.63, 3.8) is 0 Å². The fourth-order valence-electron chi connectivity index (χ4n) is 3.39. The van der Waals surface area contributed by atoms with E-state index < -0.39 is 0 Å². The molecule has 0 aliphatic carbocycles. The quantitative estimate of drug-likeness (QED) is 0.420. The Balaban J connectivity index is 2.02. The van der Waals surface area contributed by atoms with Crippen LogP contribution in [0.1, 0.15) is 59.9 Å². The van der Waals surface area contributed by atoms with Gasteiger partial charge >= 0.3 is 0 Å². The molecule has 0 bridgehead atoms. The molecule has 1 atom stereocenters. The summed E-state index contributed by atoms with van der Waals surface area (Å²) in [5.74, 6) is 0.0611. The lowest BCUT2D eigenvalue weighted by atomic mass is 9.75. The molecular weight excluding hydrogens is 387 g/mol. The van der Waals surface area contributed by atoms with Crippen molar-refractivity contribution >= 4 is 23.4 Å². The number of nitrogens with zero attached hydrogens (tertiary/aromatic N) is 1. The van der Waals surface area contributed by atoms with Crippen molar-refractivity contribution in [2.24, 2.45) is 16.5 Å². The molecule has 0 radical (unpaired) electrons. The number of carbonyl (C=O) groups is 1. The second kappa shape index (κ2) is 9.33. The van der Waals surface area contributed by atoms with Gasteiger partial charge < -0.3 is 10.2 Å². The first-order valence-corrected chi connectivity index (χ1v) is 10.9. The molecule has 1 amide bonds. The largest absolute Gasteiger partial charge is 0.390 e. The van der Waals surface area contributed by atoms with Crippen LogP contribution in [0.3, 0.4) is 0 Å². The second-order valence-electron chi connectivity index (χ2n) is 9.25. The molecule has 1 aliphatic heterocycles. The van der Waals surface area contributed by atoms with Crippen molar-refractivity contribution < 1.29 is 14.0 Å². The molecule has 0 spiro atoms. The number of thioether (sulfide) groups is 1. The van der Waals surface area contributed by atoms with E-state index in [0.29, 0.717) is 35.1 Å². The Labute approximate surface area is 178 Å². The SMILES string of the molecule is C=CC(=O)NCC1CC(c2ccc(SC(C)(C)CC(C)(C)C(C)C)c(F)c2)=NO1. The van der Waals surface area contributed by atoms with E-state index in [0.717, 1.165) is 6.42 Å². The van der Waals surface area contributed by atoms with Crippen LogP contribution in [-0.4, -0.2) is 29.0 Å². The summed E-state index contributed by atoms with van der Waals surface area (Å²) in [4.78, 5) is 17.3. The fourth-order valence-corrected chi connectivity index (χ4v) is 4.73. The van der Waals surface area contributed by atoms with E-state index >= 15 is 0 Å². The number of carbonyl (C=O) groups excluding carboxylic acids is 1. The average molecular weight is 421 g/mol. The van der Waals surface area contributed by atoms with Gasteiger partial charge in [0.1, 0.15) is 11.9 Å². The van der Waals surface area contributed by atoms with Gasteiger partial charge in [-0.15, -0.1) is 11.8 Å². The van der Waals surface area contributed by atoms with Crippen LogP contribution < -0.4 is 5.32 Å². The minimum absolute atomic E-state index is 0.0848. The summed E-state index contributed by atoms with van der Waals surface area (Å²) in [7, 11) is 0. The lowest BCUT2D eigenvalue weighted by Gasteiger charge is -2.37. The van der Waals surface area contributed by atoms with Crippen LogP contribution in [0.15, 0.2) is 40.9 Å². The summed E-state index contributed by atoms with van der Waals surface area (Å²) in [6, 6.07) is 5.25. The number of halogens is 1. The highest BCUT2D eigenvalue weighted by Gasteiger charge is 2.32. The minimum atomic E-state index is -0.252. The first-order valence-electron chi connectivity index (χ1n) is 10.1. The third kappa shape index (κ3) is 6.59. The van der Waals surface area contributed by atoms with Crippen molar-refractivity contribution in [2.75, 3.05) is 6.54 Å². The Morgan fingerprint density at radius 3 is 2.69 bits per heavy atom. The van der Waals surface area contributed by atoms with Gasteiger partial charge in [-0.3, -0.25) is 4.79 Å². The van der Waals surface area contributed by atoms with Gasteiger partial charge in [-0.25, -0.2) is 4.39 Å². The van der Waals surface area contributed by atoms with Gasteiger partial charge in [-0.05, 0) is 36.0 Å². The molecule has 0 fully saturated rings. The van der Waals surface area contributed by atoms with Gasteiger partial charge in [0.05, 0.1) is 12.3 Å². The predicted octanol–water partition coefficient (Wildman–Crippen LogP) is 5.56. The highest BCUT2D eigenvalue weighted by Crippen LogP contribution is 2.44. The first kappa shape index (κ1) is 23.5. The van der Waals surface area contributed by atoms with E-state index in [4.69, 9.17) is 4.84 Å². The van der Waals surface area contributed by atoms with E-state index in [1.165, 1.54) is 12.1 Å². The van der Waals surface area contributed by atoms with Gasteiger partial charge in [0.25, 0.3) is 0 Å². The first-order chi connectivity index (χ1) is 13.4. The van der Waals surface area contributed by atoms with Crippen molar-refractivity contribution in [1.82, 2.24) is 5.32 Å². The summed E-state index contributed by atoms with van der Waals surface area (Å²) >= 11 is 1.58. The number of nitrogens with one attached hydrogen (secondary N) is 1. The van der Waals surface area contributed by atoms with Crippen LogP contribution in [0.2, 0.25) is 0 Å². The highest BCUT2D eigenvalue weighted by atomic mass is 32.2. The molecule has 1 aromatic carbocycles. The third-order valence-corrected chi connectivity index (χ3v) is 6.77. The van der Waals surface area contributed by atoms with E-state index in [1.807, 2.05) is 12.1 Å². The summed E-state index contributed by atoms with van der Waals surface area (Å²) in [5.41, 5.74) is 1.59. The van der Waals surface area contributed by atoms with Crippen LogP contribution in [0.25, 0.3) is 0 Å². The van der Waals surface area contributed by atoms with Crippen LogP contribution in [-0.2, 0) is 9.63 Å². The molecule has 1 aromatic rings. The Kier molecular flexibility index (Phi) is 7.55. The predicted molar refractivity (Wildman–Crippen MR) is 119 cm³/mol. The van der Waals surface area contributed by atoms with E-state index in [2.05, 4.69) is 58.6 Å². The monoisotopic (exact) mass is 420 g/mol. The van der Waals surface area contributed by atoms with Crippen molar-refractivity contribution in [3.05, 3.63) is 42.2 Å². The van der Waals surface area contributed by atoms with Crippen LogP contribution >= 0.6 is 11.8 Å². The molecule has 4 nitrogen and oxygen atoms in total. The molecule has 0 aromatic heterocycles. The Bertz CT molecular complexity index is 787. The number of hydrogen-bond donors (Lipinski definition) is 1. The van der Waals surface area contributed by atoms with Gasteiger partial charge in [-0.1, -0.05) is 59.3 Å². The zero-order valence-corrected chi connectivity index (χ0v) is 19.2. The molecular formula is C23H33FN2O2S. The molecule has 1 heterocycles. The maximum atomic E-state index is 14.8. The zero-order chi connectivity index (χ0) is 21.8. The van der Waals surface area contributed by atoms with Crippen LogP contribution in [0.4, 0.5) is 4.39 Å². The lowest BCUT2D eigenvalue weighted by molar-refractivity contribution is -0.117. The fraction of sp³-hybridized carbons (Fsp3) is 0.565. The average Bonchev–Trinajstić information content (AvgIpc) is 3.09. The number of amides is 1. The third-order valence-electron chi connectivity index (χ3n) is 5.52. The lowest BCUT2D eigenvalue weighted by Crippen LogP contribution is -2.31. The van der Waals surface area contributed by atoms with E-state index in [-0.39, 0.29) is 28.0 Å². The molecule has 1 N–H and O–H groups in total. The normalized spacial score (nSPS) is 17.1. The van der Waals surface area contributed by atoms with Gasteiger partial charge in [-0.2, -0.15) is 0 Å². The molecule has 1 unspecified atom stereocenters. The van der Waals surface area contributed by atoms with Gasteiger partial charge in [0, 0.05) is 21.6 Å². The van der Waals surface area contributed by atoms with E-state index in [1.54, 1.807) is 11.8 Å². The van der Waals surface area contributed by atoms with Gasteiger partial charge in [0.15, 0.2) is 0 Å². The maximum absolute atomic E-state index is 14.8. The van der Waals surface area contributed by atoms with Crippen LogP contribution in [0, 0.1) is 17.2 Å². The number of rotatable bonds is 9. The molecule has 160 valence electrons. The standard InChI is InChI=1S/C23H33FN2O2S/c1-8-21(27)25-13-17-12-19(26-28-17)16-9-10-20(18(24)11-16)29-23(6,7)14-22(4,5)15(2)3/h8-11,15,17H,1,12-14H2,2-7H3,(H,25,27). The molecule has 2 rings (SSSR count). The zero-order valence-electron chi connectivity index (χ0n) is 18.3. The number of hydrogen-bond acceptors (Lipinski definition) is 4. The molecule has 6 heteroatoms. The molecule has 0 saturated heterocycles. The Morgan fingerprint density at radius 2 is 2.10 bits per heavy atom. The highest BCUT2D eigenvalue weighted by molar-refractivity contribution is 8.00. The van der Waals surface area contributed by atoms with Crippen LogP contribution in [0.5, 0.6) is 0 Å². The Hall–Kier alpha value is -1.82. The Morgan fingerprint density at radius 1 is 1.41 bits per heavy atom. The molecule has 0 saturated carbocycles. The van der Waals surface area contributed by atoms with Crippen molar-refractivity contribution in [2.45, 2.75) is 70.1 Å². The van der Waals surface area contributed by atoms with Crippen molar-refractivity contribution in [3.8, 4) is 0 Å². The summed E-state index contributed by atoms with van der Waals surface area (Å²) in [5, 5.41) is 6.76. The number of oxime groups is 1. The molecule has 1 aliphatic rings. The number of benzene rings is 1. The topological polar surface area (TPSA) is 50.7 Å². The van der Waals surface area contributed by atoms with Gasteiger partial charge in [0.2, 0.25) is 5.91 Å². The summed E-state index contributed by atoms with van der Waals surface area (Å²) in [6.45, 7) is 17.1. The summed E-state index contributed by atoms with van der Waals surface area (Å²) < 4.78 is 14.8. The minimum Gasteiger partial charge on any atom is -0.390 e. The maximum Gasteiger partial charge on any atom is 0.243 e. The van der Waals surface area contributed by atoms with E-state index in [9.17, 15) is 9.18 Å². The van der Waals surface area contributed by atoms with Crippen molar-refractivity contribution in [1.29, 1.82) is 0 Å². The smallest absolute Gasteiger partial charge is 0.243 e. The molecule has 29 heavy (non-hydrogen) atoms. The second-order valence-corrected chi connectivity index (χ2v) is 11.0.